The summed E-state index contributed by atoms with van der Waals surface area (Å²) >= 11 is 5.99. The van der Waals surface area contributed by atoms with Crippen molar-refractivity contribution >= 4 is 23.2 Å². The summed E-state index contributed by atoms with van der Waals surface area (Å²) in [6.07, 6.45) is 0. The minimum Gasteiger partial charge on any atom is -0.497 e. The van der Waals surface area contributed by atoms with Crippen molar-refractivity contribution in [3.8, 4) is 17.2 Å². The lowest BCUT2D eigenvalue weighted by Gasteiger charge is -2.03. The lowest BCUT2D eigenvalue weighted by Crippen LogP contribution is -2.12. The molecule has 1 aromatic heterocycles. The zero-order valence-electron chi connectivity index (χ0n) is 12.1. The molecule has 0 unspecified atom stereocenters. The molecular formula is C16H12ClN3O3. The van der Waals surface area contributed by atoms with Crippen LogP contribution >= 0.6 is 11.6 Å². The molecule has 1 amide bonds. The van der Waals surface area contributed by atoms with Crippen LogP contribution < -0.4 is 10.1 Å². The second-order valence-corrected chi connectivity index (χ2v) is 4.98. The van der Waals surface area contributed by atoms with Gasteiger partial charge in [0.1, 0.15) is 5.75 Å². The summed E-state index contributed by atoms with van der Waals surface area (Å²) in [6, 6.07) is 14.0. The van der Waals surface area contributed by atoms with E-state index in [1.54, 1.807) is 55.6 Å². The van der Waals surface area contributed by atoms with E-state index in [9.17, 15) is 4.79 Å². The third kappa shape index (κ3) is 3.32. The number of carbonyl (C=O) groups is 1. The van der Waals surface area contributed by atoms with Crippen LogP contribution in [0.4, 0.5) is 5.69 Å². The Labute approximate surface area is 137 Å². The van der Waals surface area contributed by atoms with Gasteiger partial charge in [-0.2, -0.15) is 0 Å². The van der Waals surface area contributed by atoms with E-state index >= 15 is 0 Å². The van der Waals surface area contributed by atoms with E-state index in [0.29, 0.717) is 22.0 Å². The van der Waals surface area contributed by atoms with Gasteiger partial charge in [-0.25, -0.2) is 0 Å². The average molecular weight is 330 g/mol. The number of methoxy groups -OCH3 is 1. The minimum absolute atomic E-state index is 0.143. The first-order valence-electron chi connectivity index (χ1n) is 6.71. The van der Waals surface area contributed by atoms with Gasteiger partial charge in [0.25, 0.3) is 0 Å². The van der Waals surface area contributed by atoms with E-state index in [-0.39, 0.29) is 11.8 Å². The fraction of sp³-hybridized carbons (Fsp3) is 0.0625. The lowest BCUT2D eigenvalue weighted by molar-refractivity contribution is 0.0991. The SMILES string of the molecule is COc1ccc(-c2nnc(C(=O)Nc3ccccc3Cl)o2)cc1. The monoisotopic (exact) mass is 329 g/mol. The van der Waals surface area contributed by atoms with Crippen LogP contribution in [0.2, 0.25) is 5.02 Å². The molecule has 7 heteroatoms. The molecule has 2 aromatic carbocycles. The first-order chi connectivity index (χ1) is 11.2. The van der Waals surface area contributed by atoms with Crippen molar-refractivity contribution in [3.05, 3.63) is 59.4 Å². The predicted octanol–water partition coefficient (Wildman–Crippen LogP) is 3.65. The molecule has 23 heavy (non-hydrogen) atoms. The number of para-hydroxylation sites is 1. The van der Waals surface area contributed by atoms with Crippen molar-refractivity contribution in [3.63, 3.8) is 0 Å². The number of anilines is 1. The molecule has 0 spiro atoms. The van der Waals surface area contributed by atoms with E-state index in [4.69, 9.17) is 20.8 Å². The van der Waals surface area contributed by atoms with Gasteiger partial charge in [0, 0.05) is 5.56 Å². The molecule has 0 fully saturated rings. The maximum Gasteiger partial charge on any atom is 0.313 e. The molecule has 0 aliphatic heterocycles. The van der Waals surface area contributed by atoms with Gasteiger partial charge >= 0.3 is 11.8 Å². The Hall–Kier alpha value is -2.86. The molecule has 6 nitrogen and oxygen atoms in total. The van der Waals surface area contributed by atoms with Crippen LogP contribution in [0.25, 0.3) is 11.5 Å². The number of nitrogens with zero attached hydrogens (tertiary/aromatic N) is 2. The Morgan fingerprint density at radius 1 is 1.13 bits per heavy atom. The van der Waals surface area contributed by atoms with Crippen LogP contribution in [-0.4, -0.2) is 23.2 Å². The Kier molecular flexibility index (Phi) is 4.25. The van der Waals surface area contributed by atoms with Crippen molar-refractivity contribution in [1.82, 2.24) is 10.2 Å². The number of nitrogens with one attached hydrogen (secondary N) is 1. The van der Waals surface area contributed by atoms with E-state index in [0.717, 1.165) is 0 Å². The number of aromatic nitrogens is 2. The van der Waals surface area contributed by atoms with Gasteiger partial charge in [0.2, 0.25) is 5.89 Å². The Bertz CT molecular complexity index is 831. The second kappa shape index (κ2) is 6.50. The highest BCUT2D eigenvalue weighted by Crippen LogP contribution is 2.23. The van der Waals surface area contributed by atoms with Crippen LogP contribution in [-0.2, 0) is 0 Å². The fourth-order valence-corrected chi connectivity index (χ4v) is 2.09. The molecule has 0 aliphatic rings. The minimum atomic E-state index is -0.523. The molecular weight excluding hydrogens is 318 g/mol. The van der Waals surface area contributed by atoms with Crippen molar-refractivity contribution in [2.45, 2.75) is 0 Å². The summed E-state index contributed by atoms with van der Waals surface area (Å²) in [7, 11) is 1.58. The number of rotatable bonds is 4. The van der Waals surface area contributed by atoms with E-state index in [1.807, 2.05) is 0 Å². The predicted molar refractivity (Wildman–Crippen MR) is 85.7 cm³/mol. The molecule has 3 aromatic rings. The van der Waals surface area contributed by atoms with E-state index in [1.165, 1.54) is 0 Å². The topological polar surface area (TPSA) is 77.2 Å². The van der Waals surface area contributed by atoms with Gasteiger partial charge in [-0.05, 0) is 36.4 Å². The largest absolute Gasteiger partial charge is 0.497 e. The maximum atomic E-state index is 12.1. The first-order valence-corrected chi connectivity index (χ1v) is 7.09. The quantitative estimate of drug-likeness (QED) is 0.790. The van der Waals surface area contributed by atoms with Gasteiger partial charge in [0.05, 0.1) is 17.8 Å². The van der Waals surface area contributed by atoms with Gasteiger partial charge in [-0.3, -0.25) is 4.79 Å². The molecule has 116 valence electrons. The molecule has 0 saturated heterocycles. The Morgan fingerprint density at radius 3 is 2.57 bits per heavy atom. The van der Waals surface area contributed by atoms with Crippen LogP contribution in [0, 0.1) is 0 Å². The lowest BCUT2D eigenvalue weighted by atomic mass is 10.2. The molecule has 0 saturated carbocycles. The van der Waals surface area contributed by atoms with Crippen molar-refractivity contribution in [2.24, 2.45) is 0 Å². The summed E-state index contributed by atoms with van der Waals surface area (Å²) < 4.78 is 10.5. The molecule has 0 aliphatic carbocycles. The highest BCUT2D eigenvalue weighted by Gasteiger charge is 2.17. The number of halogens is 1. The van der Waals surface area contributed by atoms with Gasteiger partial charge in [-0.1, -0.05) is 23.7 Å². The Balaban J connectivity index is 1.78. The highest BCUT2D eigenvalue weighted by molar-refractivity contribution is 6.33. The molecule has 3 rings (SSSR count). The summed E-state index contributed by atoms with van der Waals surface area (Å²) in [4.78, 5) is 12.1. The Morgan fingerprint density at radius 2 is 1.87 bits per heavy atom. The number of hydrogen-bond donors (Lipinski definition) is 1. The number of benzene rings is 2. The fourth-order valence-electron chi connectivity index (χ4n) is 1.90. The van der Waals surface area contributed by atoms with Crippen molar-refractivity contribution in [2.75, 3.05) is 12.4 Å². The maximum absolute atomic E-state index is 12.1. The van der Waals surface area contributed by atoms with Crippen molar-refractivity contribution in [1.29, 1.82) is 0 Å². The first kappa shape index (κ1) is 15.1. The number of ether oxygens (including phenoxy) is 1. The van der Waals surface area contributed by atoms with Crippen LogP contribution in [0.3, 0.4) is 0 Å². The molecule has 1 heterocycles. The molecule has 0 radical (unpaired) electrons. The molecule has 0 atom stereocenters. The number of amides is 1. The second-order valence-electron chi connectivity index (χ2n) is 4.57. The van der Waals surface area contributed by atoms with E-state index in [2.05, 4.69) is 15.5 Å². The normalized spacial score (nSPS) is 10.3. The van der Waals surface area contributed by atoms with Crippen molar-refractivity contribution < 1.29 is 13.9 Å². The smallest absolute Gasteiger partial charge is 0.313 e. The zero-order valence-corrected chi connectivity index (χ0v) is 12.9. The number of hydrogen-bond acceptors (Lipinski definition) is 5. The van der Waals surface area contributed by atoms with Gasteiger partial charge in [-0.15, -0.1) is 10.2 Å². The van der Waals surface area contributed by atoms with Gasteiger partial charge in [0.15, 0.2) is 0 Å². The van der Waals surface area contributed by atoms with Gasteiger partial charge < -0.3 is 14.5 Å². The summed E-state index contributed by atoms with van der Waals surface area (Å²) in [5.74, 6) is 0.294. The zero-order chi connectivity index (χ0) is 16.2. The third-order valence-electron chi connectivity index (χ3n) is 3.08. The van der Waals surface area contributed by atoms with E-state index < -0.39 is 5.91 Å². The molecule has 0 bridgehead atoms. The summed E-state index contributed by atoms with van der Waals surface area (Å²) in [6.45, 7) is 0. The average Bonchev–Trinajstić information content (AvgIpc) is 3.07. The summed E-state index contributed by atoms with van der Waals surface area (Å²) in [5.41, 5.74) is 1.17. The number of carbonyl (C=O) groups excluding carboxylic acids is 1. The van der Waals surface area contributed by atoms with Crippen LogP contribution in [0.5, 0.6) is 5.75 Å². The highest BCUT2D eigenvalue weighted by atomic mass is 35.5. The standard InChI is InChI=1S/C16H12ClN3O3/c1-22-11-8-6-10(7-9-11)15-19-20-16(23-15)14(21)18-13-5-3-2-4-12(13)17/h2-9H,1H3,(H,18,21). The van der Waals surface area contributed by atoms with Crippen LogP contribution in [0.1, 0.15) is 10.7 Å². The summed E-state index contributed by atoms with van der Waals surface area (Å²) in [5, 5.41) is 10.7. The third-order valence-corrected chi connectivity index (χ3v) is 3.41. The molecule has 1 N–H and O–H groups in total. The van der Waals surface area contributed by atoms with Crippen LogP contribution in [0.15, 0.2) is 52.9 Å².